The van der Waals surface area contributed by atoms with Crippen molar-refractivity contribution in [3.8, 4) is 44.5 Å². The fraction of sp³-hybridized carbons (Fsp3) is 0.0968. The molecule has 2 nitrogen and oxygen atoms in total. The van der Waals surface area contributed by atoms with Gasteiger partial charge in [0.2, 0.25) is 0 Å². The minimum Gasteiger partial charge on any atom is -0.355 e. The van der Waals surface area contributed by atoms with Gasteiger partial charge in [-0.2, -0.15) is 0 Å². The van der Waals surface area contributed by atoms with Gasteiger partial charge >= 0.3 is 0 Å². The van der Waals surface area contributed by atoms with Crippen LogP contribution in [0.25, 0.3) is 66.1 Å². The van der Waals surface area contributed by atoms with Crippen LogP contribution in [0.4, 0.5) is 28.4 Å². The molecular formula is C62H48N2. The van der Waals surface area contributed by atoms with Gasteiger partial charge in [-0.15, -0.1) is 0 Å². The maximum absolute atomic E-state index is 3.94. The zero-order valence-corrected chi connectivity index (χ0v) is 36.7. The number of para-hydroxylation sites is 5. The van der Waals surface area contributed by atoms with Crippen LogP contribution in [0.1, 0.15) is 49.9 Å². The lowest BCUT2D eigenvalue weighted by molar-refractivity contribution is 0.632. The van der Waals surface area contributed by atoms with E-state index in [2.05, 4.69) is 250 Å². The van der Waals surface area contributed by atoms with Crippen molar-refractivity contribution in [1.82, 2.24) is 0 Å². The van der Waals surface area contributed by atoms with Crippen LogP contribution in [0, 0.1) is 0 Å². The largest absolute Gasteiger partial charge is 0.355 e. The van der Waals surface area contributed by atoms with Gasteiger partial charge in [-0.05, 0) is 108 Å². The van der Waals surface area contributed by atoms with Gasteiger partial charge in [0.25, 0.3) is 0 Å². The molecule has 2 heteroatoms. The second-order valence-corrected chi connectivity index (χ2v) is 18.5. The molecule has 2 heterocycles. The summed E-state index contributed by atoms with van der Waals surface area (Å²) in [6, 6.07) is 78.6. The van der Waals surface area contributed by atoms with Crippen molar-refractivity contribution in [3.63, 3.8) is 0 Å². The van der Waals surface area contributed by atoms with Crippen LogP contribution in [0.15, 0.2) is 212 Å². The summed E-state index contributed by atoms with van der Waals surface area (Å²) in [5, 5.41) is 8.86. The number of hydrogen-bond donors (Lipinski definition) is 1. The molecule has 64 heavy (non-hydrogen) atoms. The second-order valence-electron chi connectivity index (χ2n) is 18.5. The molecule has 0 fully saturated rings. The quantitative estimate of drug-likeness (QED) is 0.174. The van der Waals surface area contributed by atoms with Crippen LogP contribution < -0.4 is 10.2 Å². The zero-order chi connectivity index (χ0) is 43.2. The number of hydrogen-bond acceptors (Lipinski definition) is 2. The summed E-state index contributed by atoms with van der Waals surface area (Å²) in [7, 11) is 0. The van der Waals surface area contributed by atoms with Gasteiger partial charge < -0.3 is 10.2 Å². The summed E-state index contributed by atoms with van der Waals surface area (Å²) < 4.78 is 0. The predicted octanol–water partition coefficient (Wildman–Crippen LogP) is 17.2. The standard InChI is InChI=1S/C62H48N2/c1-61(2)52-29-11-13-33-56(52)63-59-48(27-17-31-54(59)61)44-23-15-25-46-50(44)39-51-45(24-16-26-47(51)58(46)42-37-35-41(36-38-42)40-19-7-5-8-20-40)49-28-18-32-55-60(49)64(43-21-9-6-10-22-43)57-34-14-12-30-53(57)62(55,3)4/h5-39,63H,1-4H3. The van der Waals surface area contributed by atoms with E-state index in [1.807, 2.05) is 0 Å². The maximum Gasteiger partial charge on any atom is 0.0581 e. The Balaban J connectivity index is 1.16. The summed E-state index contributed by atoms with van der Waals surface area (Å²) in [6.45, 7) is 9.47. The molecule has 0 saturated carbocycles. The van der Waals surface area contributed by atoms with Crippen LogP contribution in [-0.2, 0) is 10.8 Å². The Bertz CT molecular complexity index is 3450. The van der Waals surface area contributed by atoms with Gasteiger partial charge in [-0.1, -0.05) is 210 Å². The third-order valence-corrected chi connectivity index (χ3v) is 14.3. The van der Waals surface area contributed by atoms with E-state index in [-0.39, 0.29) is 10.8 Å². The molecule has 0 spiro atoms. The molecule has 306 valence electrons. The van der Waals surface area contributed by atoms with E-state index in [1.165, 1.54) is 111 Å². The smallest absolute Gasteiger partial charge is 0.0581 e. The highest BCUT2D eigenvalue weighted by Gasteiger charge is 2.39. The maximum atomic E-state index is 3.94. The molecule has 0 aliphatic carbocycles. The molecule has 12 rings (SSSR count). The lowest BCUT2D eigenvalue weighted by Crippen LogP contribution is -2.31. The Labute approximate surface area is 376 Å². The van der Waals surface area contributed by atoms with Gasteiger partial charge in [0, 0.05) is 33.3 Å². The van der Waals surface area contributed by atoms with Gasteiger partial charge in [0.15, 0.2) is 0 Å². The van der Waals surface area contributed by atoms with Crippen molar-refractivity contribution < 1.29 is 0 Å². The van der Waals surface area contributed by atoms with E-state index in [0.717, 1.165) is 5.69 Å². The topological polar surface area (TPSA) is 15.3 Å². The Morgan fingerprint density at radius 3 is 1.58 bits per heavy atom. The highest BCUT2D eigenvalue weighted by atomic mass is 15.2. The monoisotopic (exact) mass is 820 g/mol. The Morgan fingerprint density at radius 1 is 0.359 bits per heavy atom. The second kappa shape index (κ2) is 14.4. The predicted molar refractivity (Wildman–Crippen MR) is 272 cm³/mol. The van der Waals surface area contributed by atoms with Gasteiger partial charge in [0.1, 0.15) is 0 Å². The van der Waals surface area contributed by atoms with Crippen molar-refractivity contribution in [3.05, 3.63) is 235 Å². The van der Waals surface area contributed by atoms with E-state index in [1.54, 1.807) is 0 Å². The lowest BCUT2D eigenvalue weighted by Gasteiger charge is -2.43. The summed E-state index contributed by atoms with van der Waals surface area (Å²) in [5.74, 6) is 0. The van der Waals surface area contributed by atoms with Crippen molar-refractivity contribution in [2.24, 2.45) is 0 Å². The first kappa shape index (κ1) is 38.0. The van der Waals surface area contributed by atoms with E-state index in [9.17, 15) is 0 Å². The molecule has 0 amide bonds. The molecule has 0 saturated heterocycles. The average Bonchev–Trinajstić information content (AvgIpc) is 3.33. The molecule has 0 radical (unpaired) electrons. The number of benzene rings is 10. The Kier molecular flexibility index (Phi) is 8.58. The van der Waals surface area contributed by atoms with Gasteiger partial charge in [0.05, 0.1) is 17.1 Å². The van der Waals surface area contributed by atoms with Crippen molar-refractivity contribution >= 4 is 50.0 Å². The highest BCUT2D eigenvalue weighted by molar-refractivity contribution is 6.20. The Morgan fingerprint density at radius 2 is 0.859 bits per heavy atom. The first-order chi connectivity index (χ1) is 31.3. The molecule has 0 aromatic heterocycles. The molecule has 10 aromatic rings. The van der Waals surface area contributed by atoms with E-state index in [4.69, 9.17) is 0 Å². The van der Waals surface area contributed by atoms with E-state index in [0.29, 0.717) is 0 Å². The van der Waals surface area contributed by atoms with Gasteiger partial charge in [-0.25, -0.2) is 0 Å². The van der Waals surface area contributed by atoms with Crippen LogP contribution in [0.2, 0.25) is 0 Å². The number of anilines is 5. The van der Waals surface area contributed by atoms with E-state index < -0.39 is 0 Å². The van der Waals surface area contributed by atoms with E-state index >= 15 is 0 Å². The lowest BCUT2D eigenvalue weighted by atomic mass is 9.72. The minimum atomic E-state index is -0.227. The number of nitrogens with zero attached hydrogens (tertiary/aromatic N) is 1. The molecule has 2 aliphatic rings. The number of fused-ring (bicyclic) bond motifs is 6. The molecule has 2 aliphatic heterocycles. The molecular weight excluding hydrogens is 773 g/mol. The molecule has 10 aromatic carbocycles. The fourth-order valence-electron chi connectivity index (χ4n) is 11.1. The van der Waals surface area contributed by atoms with Crippen LogP contribution in [0.3, 0.4) is 0 Å². The Hall–Kier alpha value is -7.68. The molecule has 0 bridgehead atoms. The number of nitrogens with one attached hydrogen (secondary N) is 1. The average molecular weight is 821 g/mol. The summed E-state index contributed by atoms with van der Waals surface area (Å²) in [5.41, 5.74) is 20.5. The van der Waals surface area contributed by atoms with Crippen LogP contribution >= 0.6 is 0 Å². The van der Waals surface area contributed by atoms with Crippen LogP contribution in [-0.4, -0.2) is 0 Å². The zero-order valence-electron chi connectivity index (χ0n) is 36.7. The third kappa shape index (κ3) is 5.72. The molecule has 0 atom stereocenters. The highest BCUT2D eigenvalue weighted by Crippen LogP contribution is 2.56. The third-order valence-electron chi connectivity index (χ3n) is 14.3. The van der Waals surface area contributed by atoms with Crippen molar-refractivity contribution in [2.45, 2.75) is 38.5 Å². The molecule has 0 unspecified atom stereocenters. The number of rotatable bonds is 5. The minimum absolute atomic E-state index is 0.174. The fourth-order valence-corrected chi connectivity index (χ4v) is 11.1. The SMILES string of the molecule is CC1(C)c2ccccc2Nc2c(-c3cccc4c(-c5ccc(-c6ccccc6)cc5)c5cccc(-c6cccc7c6N(c6ccccc6)c6ccccc6C7(C)C)c5cc34)cccc21. The van der Waals surface area contributed by atoms with Gasteiger partial charge in [-0.3, -0.25) is 0 Å². The first-order valence-corrected chi connectivity index (χ1v) is 22.5. The summed E-state index contributed by atoms with van der Waals surface area (Å²) in [4.78, 5) is 2.50. The van der Waals surface area contributed by atoms with Crippen molar-refractivity contribution in [2.75, 3.05) is 10.2 Å². The van der Waals surface area contributed by atoms with Crippen LogP contribution in [0.5, 0.6) is 0 Å². The first-order valence-electron chi connectivity index (χ1n) is 22.5. The normalized spacial score (nSPS) is 14.3. The molecule has 1 N–H and O–H groups in total. The summed E-state index contributed by atoms with van der Waals surface area (Å²) >= 11 is 0. The van der Waals surface area contributed by atoms with Crippen molar-refractivity contribution in [1.29, 1.82) is 0 Å². The summed E-state index contributed by atoms with van der Waals surface area (Å²) in [6.07, 6.45) is 0.